The molecule has 78 valence electrons. The molecular formula is C9H12N6. The van der Waals surface area contributed by atoms with E-state index >= 15 is 0 Å². The molecule has 0 aromatic heterocycles. The Balaban J connectivity index is 2.50. The highest BCUT2D eigenvalue weighted by Gasteiger charge is 2.40. The lowest BCUT2D eigenvalue weighted by Crippen LogP contribution is -2.27. The van der Waals surface area contributed by atoms with Crippen molar-refractivity contribution in [1.29, 1.82) is 0 Å². The highest BCUT2D eigenvalue weighted by molar-refractivity contribution is 5.32. The Morgan fingerprint density at radius 1 is 1.07 bits per heavy atom. The van der Waals surface area contributed by atoms with Crippen LogP contribution in [0.3, 0.4) is 0 Å². The number of nitrogens with zero attached hydrogens (tertiary/aromatic N) is 6. The van der Waals surface area contributed by atoms with Gasteiger partial charge in [0.2, 0.25) is 0 Å². The fourth-order valence-electron chi connectivity index (χ4n) is 2.74. The minimum atomic E-state index is -0.365. The van der Waals surface area contributed by atoms with Crippen LogP contribution in [-0.4, -0.2) is 5.54 Å². The maximum Gasteiger partial charge on any atom is 0.0702 e. The van der Waals surface area contributed by atoms with Crippen LogP contribution in [0.25, 0.3) is 20.9 Å². The summed E-state index contributed by atoms with van der Waals surface area (Å²) in [5, 5.41) is 7.68. The molecule has 0 aliphatic heterocycles. The molecule has 0 radical (unpaired) electrons. The van der Waals surface area contributed by atoms with Gasteiger partial charge in [-0.3, -0.25) is 0 Å². The average Bonchev–Trinajstić information content (AvgIpc) is 2.63. The van der Waals surface area contributed by atoms with Gasteiger partial charge in [-0.2, -0.15) is 0 Å². The highest BCUT2D eigenvalue weighted by Crippen LogP contribution is 2.48. The van der Waals surface area contributed by atoms with Crippen LogP contribution in [-0.2, 0) is 0 Å². The topological polar surface area (TPSA) is 97.5 Å². The molecule has 1 fully saturated rings. The summed E-state index contributed by atoms with van der Waals surface area (Å²) in [6, 6.07) is 0. The Morgan fingerprint density at radius 3 is 2.47 bits per heavy atom. The zero-order valence-corrected chi connectivity index (χ0v) is 8.43. The molecule has 6 heteroatoms. The maximum absolute atomic E-state index is 8.61. The van der Waals surface area contributed by atoms with Crippen molar-refractivity contribution in [2.75, 3.05) is 0 Å². The maximum atomic E-state index is 8.61. The van der Waals surface area contributed by atoms with Crippen LogP contribution in [0.2, 0.25) is 0 Å². The van der Waals surface area contributed by atoms with E-state index in [0.29, 0.717) is 0 Å². The number of allylic oxidation sites excluding steroid dienone is 1. The largest absolute Gasteiger partial charge is 0.0829 e. The zero-order valence-electron chi connectivity index (χ0n) is 8.43. The standard InChI is InChI=1S/C9H12N6/c10-14-12-8-4-2-6-9(13-15-11)5-1-3-7(8)9/h1-6H2. The van der Waals surface area contributed by atoms with Crippen LogP contribution < -0.4 is 0 Å². The highest BCUT2D eigenvalue weighted by atomic mass is 15.2. The van der Waals surface area contributed by atoms with E-state index in [9.17, 15) is 0 Å². The van der Waals surface area contributed by atoms with Crippen LogP contribution in [0.1, 0.15) is 38.5 Å². The second-order valence-corrected chi connectivity index (χ2v) is 4.04. The Hall–Kier alpha value is -1.64. The molecule has 1 saturated carbocycles. The fourth-order valence-corrected chi connectivity index (χ4v) is 2.74. The molecule has 2 aliphatic rings. The molecule has 1 atom stereocenters. The molecule has 0 N–H and O–H groups in total. The Morgan fingerprint density at radius 2 is 1.80 bits per heavy atom. The summed E-state index contributed by atoms with van der Waals surface area (Å²) in [5.41, 5.74) is 18.6. The quantitative estimate of drug-likeness (QED) is 0.369. The van der Waals surface area contributed by atoms with E-state index in [1.165, 1.54) is 0 Å². The van der Waals surface area contributed by atoms with E-state index in [4.69, 9.17) is 11.1 Å². The molecule has 6 nitrogen and oxygen atoms in total. The normalized spacial score (nSPS) is 29.1. The van der Waals surface area contributed by atoms with E-state index < -0.39 is 0 Å². The summed E-state index contributed by atoms with van der Waals surface area (Å²) in [5.74, 6) is 0. The van der Waals surface area contributed by atoms with Gasteiger partial charge in [0, 0.05) is 15.5 Å². The Bertz CT molecular complexity index is 399. The van der Waals surface area contributed by atoms with Crippen LogP contribution in [0.4, 0.5) is 0 Å². The molecule has 0 amide bonds. The van der Waals surface area contributed by atoms with Gasteiger partial charge >= 0.3 is 0 Å². The summed E-state index contributed by atoms with van der Waals surface area (Å²) in [6.45, 7) is 0. The first-order valence-electron chi connectivity index (χ1n) is 5.16. The van der Waals surface area contributed by atoms with Gasteiger partial charge in [-0.05, 0) is 49.6 Å². The minimum absolute atomic E-state index is 0.365. The fraction of sp³-hybridized carbons (Fsp3) is 0.778. The first kappa shape index (κ1) is 9.90. The Labute approximate surface area is 87.2 Å². The monoisotopic (exact) mass is 204 g/mol. The number of fused-ring (bicyclic) bond motifs is 1. The predicted octanol–water partition coefficient (Wildman–Crippen LogP) is 3.97. The van der Waals surface area contributed by atoms with E-state index in [-0.39, 0.29) is 5.54 Å². The molecule has 2 aliphatic carbocycles. The third kappa shape index (κ3) is 1.54. The summed E-state index contributed by atoms with van der Waals surface area (Å²) < 4.78 is 0. The van der Waals surface area contributed by atoms with Crippen LogP contribution in [0.15, 0.2) is 21.5 Å². The first-order valence-corrected chi connectivity index (χ1v) is 5.16. The average molecular weight is 204 g/mol. The van der Waals surface area contributed by atoms with Gasteiger partial charge in [0.15, 0.2) is 0 Å². The van der Waals surface area contributed by atoms with Crippen molar-refractivity contribution in [2.24, 2.45) is 10.2 Å². The molecule has 1 unspecified atom stereocenters. The molecule has 0 aromatic carbocycles. The molecule has 0 spiro atoms. The van der Waals surface area contributed by atoms with Gasteiger partial charge in [0.1, 0.15) is 0 Å². The van der Waals surface area contributed by atoms with Gasteiger partial charge in [-0.1, -0.05) is 15.8 Å². The lowest BCUT2D eigenvalue weighted by atomic mass is 9.81. The second kappa shape index (κ2) is 3.85. The van der Waals surface area contributed by atoms with E-state index in [1.807, 2.05) is 0 Å². The van der Waals surface area contributed by atoms with Crippen molar-refractivity contribution in [3.8, 4) is 0 Å². The SMILES string of the molecule is [N-]=[N+]=NC1=C2CCCC2(N=[N+]=[N-])CCC1. The molecule has 0 heterocycles. The van der Waals surface area contributed by atoms with E-state index in [0.717, 1.165) is 49.8 Å². The molecule has 0 bridgehead atoms. The third-order valence-electron chi connectivity index (χ3n) is 3.33. The Kier molecular flexibility index (Phi) is 2.54. The van der Waals surface area contributed by atoms with Gasteiger partial charge in [-0.15, -0.1) is 0 Å². The lowest BCUT2D eigenvalue weighted by molar-refractivity contribution is 0.426. The lowest BCUT2D eigenvalue weighted by Gasteiger charge is -2.30. The van der Waals surface area contributed by atoms with Gasteiger partial charge in [-0.25, -0.2) is 0 Å². The van der Waals surface area contributed by atoms with Crippen molar-refractivity contribution in [3.63, 3.8) is 0 Å². The molecule has 2 rings (SSSR count). The number of azide groups is 2. The molecule has 15 heavy (non-hydrogen) atoms. The predicted molar refractivity (Wildman–Crippen MR) is 55.8 cm³/mol. The van der Waals surface area contributed by atoms with Crippen LogP contribution in [0.5, 0.6) is 0 Å². The summed E-state index contributed by atoms with van der Waals surface area (Å²) in [6.07, 6.45) is 5.50. The summed E-state index contributed by atoms with van der Waals surface area (Å²) >= 11 is 0. The summed E-state index contributed by atoms with van der Waals surface area (Å²) in [7, 11) is 0. The zero-order chi connectivity index (χ0) is 10.7. The minimum Gasteiger partial charge on any atom is -0.0829 e. The number of hydrogen-bond acceptors (Lipinski definition) is 2. The second-order valence-electron chi connectivity index (χ2n) is 4.04. The van der Waals surface area contributed by atoms with E-state index in [2.05, 4.69) is 20.1 Å². The smallest absolute Gasteiger partial charge is 0.0702 e. The van der Waals surface area contributed by atoms with Crippen molar-refractivity contribution < 1.29 is 0 Å². The van der Waals surface area contributed by atoms with E-state index in [1.54, 1.807) is 0 Å². The number of rotatable bonds is 2. The number of hydrogen-bond donors (Lipinski definition) is 0. The van der Waals surface area contributed by atoms with Crippen LogP contribution >= 0.6 is 0 Å². The molecular weight excluding hydrogens is 192 g/mol. The van der Waals surface area contributed by atoms with Gasteiger partial charge in [0.05, 0.1) is 5.54 Å². The first-order chi connectivity index (χ1) is 7.32. The molecule has 0 saturated heterocycles. The van der Waals surface area contributed by atoms with Gasteiger partial charge < -0.3 is 0 Å². The van der Waals surface area contributed by atoms with Crippen molar-refractivity contribution in [3.05, 3.63) is 32.2 Å². The van der Waals surface area contributed by atoms with Crippen molar-refractivity contribution in [1.82, 2.24) is 0 Å². The van der Waals surface area contributed by atoms with Crippen molar-refractivity contribution in [2.45, 2.75) is 44.1 Å². The van der Waals surface area contributed by atoms with Crippen molar-refractivity contribution >= 4 is 0 Å². The third-order valence-corrected chi connectivity index (χ3v) is 3.33. The molecule has 0 aromatic rings. The van der Waals surface area contributed by atoms with Gasteiger partial charge in [0.25, 0.3) is 0 Å². The summed E-state index contributed by atoms with van der Waals surface area (Å²) in [4.78, 5) is 5.79. The van der Waals surface area contributed by atoms with Crippen LogP contribution in [0, 0.1) is 0 Å².